The number of aliphatic hydroxyl groups excluding tert-OH is 1. The number of rotatable bonds is 16. The summed E-state index contributed by atoms with van der Waals surface area (Å²) in [5.41, 5.74) is 0.411. The molecule has 3 saturated heterocycles. The summed E-state index contributed by atoms with van der Waals surface area (Å²) < 4.78 is 62.6. The van der Waals surface area contributed by atoms with E-state index in [1.165, 1.54) is 29.7 Å². The fourth-order valence-corrected chi connectivity index (χ4v) is 10.8. The van der Waals surface area contributed by atoms with E-state index in [-0.39, 0.29) is 43.1 Å². The minimum absolute atomic E-state index is 0.0329. The summed E-state index contributed by atoms with van der Waals surface area (Å²) >= 11 is 7.13. The standard InChI is InChI=1S/C51H59F4N9O6S2/c1-30-43(72-29-59-30)33-11-9-31(10-12-33)25-58-45(67)39-23-36(65)27-62(39)46(68)44(49(2,3)4)60-40(66)28-70-22-8-7-19-61-20-17-32(18-21-61)37-15-14-35(26-57-37)64-48(71)63(47(69)50(64,5)6)38-16-13-34(24-56)41(42(38)52)51(53,54)55/h9-16,26,29,32,36,39,44,65H,7-8,17-23,25,27-28H2,1-6H3,(H,58,67)(H,60,66)/t36-,39+,44-/m1/s1. The SMILES string of the molecule is Cc1ncsc1-c1ccc(CNC(=O)[C@@H]2C[C@@H](O)CN2C(=O)[C@@H](NC(=O)COCCCCN2CCC(c3ccc(N4C(=S)N(c5ccc(C#N)c(C(F)(F)F)c5F)C(=O)C4(C)C)cn3)CC2)C(C)(C)C)cc1. The summed E-state index contributed by atoms with van der Waals surface area (Å²) in [7, 11) is 0. The molecular weight excluding hydrogens is 975 g/mol. The van der Waals surface area contributed by atoms with Crippen LogP contribution < -0.4 is 20.4 Å². The van der Waals surface area contributed by atoms with Gasteiger partial charge in [-0.15, -0.1) is 11.3 Å². The van der Waals surface area contributed by atoms with Crippen molar-refractivity contribution in [1.82, 2.24) is 30.4 Å². The number of aryl methyl sites for hydroxylation is 1. The summed E-state index contributed by atoms with van der Waals surface area (Å²) in [6.07, 6.45) is -1.25. The fourth-order valence-electron chi connectivity index (χ4n) is 9.46. The van der Waals surface area contributed by atoms with Gasteiger partial charge in [0.1, 0.15) is 29.8 Å². The van der Waals surface area contributed by atoms with Crippen molar-refractivity contribution in [3.8, 4) is 16.5 Å². The lowest BCUT2D eigenvalue weighted by molar-refractivity contribution is -0.144. The number of anilines is 2. The van der Waals surface area contributed by atoms with Gasteiger partial charge in [0.15, 0.2) is 10.9 Å². The maximum Gasteiger partial charge on any atom is 0.420 e. The number of nitriles is 1. The highest BCUT2D eigenvalue weighted by molar-refractivity contribution is 7.81. The number of pyridine rings is 1. The number of unbranched alkanes of at least 4 members (excludes halogenated alkanes) is 1. The molecule has 72 heavy (non-hydrogen) atoms. The van der Waals surface area contributed by atoms with Crippen molar-refractivity contribution in [3.05, 3.63) is 94.1 Å². The summed E-state index contributed by atoms with van der Waals surface area (Å²) in [4.78, 5) is 70.2. The zero-order valence-corrected chi connectivity index (χ0v) is 42.6. The van der Waals surface area contributed by atoms with E-state index in [4.69, 9.17) is 17.0 Å². The molecule has 2 aromatic carbocycles. The van der Waals surface area contributed by atoms with Crippen LogP contribution in [0.5, 0.6) is 0 Å². The molecule has 4 aromatic rings. The highest BCUT2D eigenvalue weighted by Crippen LogP contribution is 2.42. The summed E-state index contributed by atoms with van der Waals surface area (Å²) in [5.74, 6) is -3.66. The van der Waals surface area contributed by atoms with Crippen LogP contribution in [0.1, 0.15) is 101 Å². The van der Waals surface area contributed by atoms with Crippen LogP contribution in [0.2, 0.25) is 0 Å². The first-order chi connectivity index (χ1) is 34.0. The molecule has 3 aliphatic rings. The monoisotopic (exact) mass is 1030 g/mol. The van der Waals surface area contributed by atoms with E-state index in [0.29, 0.717) is 18.7 Å². The molecule has 0 bridgehead atoms. The smallest absolute Gasteiger partial charge is 0.391 e. The third-order valence-electron chi connectivity index (χ3n) is 13.4. The van der Waals surface area contributed by atoms with Crippen LogP contribution in [0.3, 0.4) is 0 Å². The van der Waals surface area contributed by atoms with Gasteiger partial charge >= 0.3 is 6.18 Å². The van der Waals surface area contributed by atoms with E-state index in [1.54, 1.807) is 29.1 Å². The molecule has 3 N–H and O–H groups in total. The Morgan fingerprint density at radius 2 is 1.75 bits per heavy atom. The molecular formula is C51H59F4N9O6S2. The molecule has 15 nitrogen and oxygen atoms in total. The van der Waals surface area contributed by atoms with Crippen molar-refractivity contribution in [1.29, 1.82) is 5.26 Å². The van der Waals surface area contributed by atoms with Crippen LogP contribution in [0, 0.1) is 29.5 Å². The number of benzene rings is 2. The van der Waals surface area contributed by atoms with Gasteiger partial charge in [0.2, 0.25) is 17.7 Å². The highest BCUT2D eigenvalue weighted by atomic mass is 32.1. The number of nitrogens with zero attached hydrogens (tertiary/aromatic N) is 7. The van der Waals surface area contributed by atoms with Crippen LogP contribution in [-0.2, 0) is 36.6 Å². The molecule has 21 heteroatoms. The Kier molecular flexibility index (Phi) is 16.5. The summed E-state index contributed by atoms with van der Waals surface area (Å²) in [5, 5.41) is 25.3. The van der Waals surface area contributed by atoms with Crippen LogP contribution >= 0.6 is 23.6 Å². The number of aromatic nitrogens is 2. The zero-order valence-electron chi connectivity index (χ0n) is 41.0. The van der Waals surface area contributed by atoms with Crippen LogP contribution in [-0.4, -0.2) is 117 Å². The molecule has 3 atom stereocenters. The van der Waals surface area contributed by atoms with Gasteiger partial charge in [0.05, 0.1) is 51.4 Å². The number of piperidine rings is 1. The van der Waals surface area contributed by atoms with Crippen LogP contribution in [0.25, 0.3) is 10.4 Å². The Morgan fingerprint density at radius 1 is 1.04 bits per heavy atom. The number of aliphatic hydroxyl groups is 1. The predicted molar refractivity (Wildman–Crippen MR) is 267 cm³/mol. The van der Waals surface area contributed by atoms with Gasteiger partial charge in [-0.3, -0.25) is 29.1 Å². The quantitative estimate of drug-likeness (QED) is 0.0582. The number of likely N-dealkylation sites (tertiary alicyclic amines) is 2. The van der Waals surface area contributed by atoms with E-state index in [0.717, 1.165) is 83.3 Å². The van der Waals surface area contributed by atoms with Crippen molar-refractivity contribution >= 4 is 63.7 Å². The van der Waals surface area contributed by atoms with E-state index >= 15 is 4.39 Å². The Morgan fingerprint density at radius 3 is 2.36 bits per heavy atom. The number of carbonyl (C=O) groups excluding carboxylic acids is 4. The normalized spacial score (nSPS) is 19.2. The predicted octanol–water partition coefficient (Wildman–Crippen LogP) is 7.25. The van der Waals surface area contributed by atoms with E-state index in [1.807, 2.05) is 58.0 Å². The van der Waals surface area contributed by atoms with Gasteiger partial charge in [-0.05, 0) is 119 Å². The first-order valence-corrected chi connectivity index (χ1v) is 25.1. The molecule has 0 saturated carbocycles. The van der Waals surface area contributed by atoms with Gasteiger partial charge in [-0.1, -0.05) is 45.0 Å². The molecule has 0 radical (unpaired) electrons. The Balaban J connectivity index is 0.832. The van der Waals surface area contributed by atoms with Crippen molar-refractivity contribution in [2.45, 2.75) is 116 Å². The van der Waals surface area contributed by atoms with Gasteiger partial charge in [0.25, 0.3) is 5.91 Å². The Labute approximate surface area is 425 Å². The lowest BCUT2D eigenvalue weighted by atomic mass is 9.85. The maximum atomic E-state index is 15.5. The van der Waals surface area contributed by atoms with Crippen LogP contribution in [0.15, 0.2) is 60.2 Å². The first-order valence-electron chi connectivity index (χ1n) is 23.8. The number of halogens is 4. The molecule has 4 amide bonds. The fraction of sp³-hybridized carbons (Fsp3) is 0.490. The molecule has 3 fully saturated rings. The average Bonchev–Trinajstić information content (AvgIpc) is 4.00. The second-order valence-corrected chi connectivity index (χ2v) is 21.2. The summed E-state index contributed by atoms with van der Waals surface area (Å²) in [6.45, 7) is 13.2. The largest absolute Gasteiger partial charge is 0.420 e. The third-order valence-corrected chi connectivity index (χ3v) is 14.8. The highest BCUT2D eigenvalue weighted by Gasteiger charge is 2.52. The van der Waals surface area contributed by atoms with Crippen molar-refractivity contribution in [2.75, 3.05) is 49.2 Å². The number of alkyl halides is 3. The van der Waals surface area contributed by atoms with Gasteiger partial charge in [-0.25, -0.2) is 9.37 Å². The van der Waals surface area contributed by atoms with E-state index < -0.39 is 75.7 Å². The number of nitrogens with one attached hydrogen (secondary N) is 2. The van der Waals surface area contributed by atoms with E-state index in [9.17, 15) is 42.7 Å². The van der Waals surface area contributed by atoms with Gasteiger partial charge in [0, 0.05) is 37.7 Å². The topological polar surface area (TPSA) is 184 Å². The van der Waals surface area contributed by atoms with Crippen molar-refractivity contribution in [3.63, 3.8) is 0 Å². The molecule has 7 rings (SSSR count). The third kappa shape index (κ3) is 11.8. The number of hydrogen-bond donors (Lipinski definition) is 3. The van der Waals surface area contributed by atoms with Crippen molar-refractivity contribution < 1.29 is 46.6 Å². The van der Waals surface area contributed by atoms with Gasteiger partial charge in [-0.2, -0.15) is 18.4 Å². The number of thiocarbonyl (C=S) groups is 1. The number of hydrogen-bond acceptors (Lipinski definition) is 12. The Bertz CT molecular complexity index is 2700. The van der Waals surface area contributed by atoms with Crippen LogP contribution in [0.4, 0.5) is 28.9 Å². The number of thiazole rings is 1. The zero-order chi connectivity index (χ0) is 52.3. The molecule has 3 aliphatic heterocycles. The first kappa shape index (κ1) is 53.9. The molecule has 0 spiro atoms. The lowest BCUT2D eigenvalue weighted by Crippen LogP contribution is -2.58. The summed E-state index contributed by atoms with van der Waals surface area (Å²) in [6, 6.07) is 12.6. The number of amides is 4. The Hall–Kier alpha value is -5.92. The van der Waals surface area contributed by atoms with E-state index in [2.05, 4.69) is 25.5 Å². The number of ether oxygens (including phenoxy) is 1. The molecule has 384 valence electrons. The lowest BCUT2D eigenvalue weighted by Gasteiger charge is -2.35. The molecule has 5 heterocycles. The van der Waals surface area contributed by atoms with Gasteiger partial charge < -0.3 is 35.2 Å². The number of β-amino-alcohol motifs (C(OH)–C–C–N with tert-alkyl or cyclic N) is 1. The maximum absolute atomic E-state index is 15.5. The van der Waals surface area contributed by atoms with Crippen molar-refractivity contribution in [2.24, 2.45) is 5.41 Å². The minimum atomic E-state index is -5.18. The second kappa shape index (κ2) is 22.1. The number of carbonyl (C=O) groups is 4. The molecule has 0 aliphatic carbocycles. The molecule has 0 unspecified atom stereocenters. The second-order valence-electron chi connectivity index (χ2n) is 20.0. The minimum Gasteiger partial charge on any atom is -0.391 e. The average molecular weight is 1030 g/mol. The molecule has 2 aromatic heterocycles.